The Hall–Kier alpha value is -1.29. The van der Waals surface area contributed by atoms with Crippen LogP contribution in [0, 0.1) is 11.7 Å². The molecule has 1 heterocycles. The molecule has 0 saturated carbocycles. The Bertz CT molecular complexity index is 337. The highest BCUT2D eigenvalue weighted by molar-refractivity contribution is 5.52. The molecule has 15 heavy (non-hydrogen) atoms. The number of nitrogen functional groups attached to an aromatic ring is 1. The molecule has 0 amide bonds. The van der Waals surface area contributed by atoms with Crippen molar-refractivity contribution in [3.8, 4) is 5.75 Å². The number of hydrogen-bond acceptors (Lipinski definition) is 3. The van der Waals surface area contributed by atoms with Crippen LogP contribution in [-0.2, 0) is 0 Å². The molecule has 1 aromatic carbocycles. The molecule has 1 aromatic rings. The molecule has 0 spiro atoms. The quantitative estimate of drug-likeness (QED) is 0.741. The first-order chi connectivity index (χ1) is 7.25. The molecular formula is C11H15FN2O. The molecule has 0 bridgehead atoms. The lowest BCUT2D eigenvalue weighted by molar-refractivity contribution is 0.260. The van der Waals surface area contributed by atoms with Crippen LogP contribution in [0.25, 0.3) is 0 Å². The molecule has 0 aliphatic carbocycles. The third-order valence-electron chi connectivity index (χ3n) is 2.61. The molecule has 3 nitrogen and oxygen atoms in total. The van der Waals surface area contributed by atoms with Crippen molar-refractivity contribution in [1.29, 1.82) is 0 Å². The van der Waals surface area contributed by atoms with Gasteiger partial charge in [-0.15, -0.1) is 0 Å². The van der Waals surface area contributed by atoms with Crippen LogP contribution in [-0.4, -0.2) is 19.7 Å². The van der Waals surface area contributed by atoms with Crippen LogP contribution in [0.15, 0.2) is 18.2 Å². The minimum absolute atomic E-state index is 0.316. The van der Waals surface area contributed by atoms with Crippen molar-refractivity contribution in [2.75, 3.05) is 25.4 Å². The highest BCUT2D eigenvalue weighted by atomic mass is 19.1. The highest BCUT2D eigenvalue weighted by Crippen LogP contribution is 2.23. The Morgan fingerprint density at radius 3 is 3.13 bits per heavy atom. The van der Waals surface area contributed by atoms with Gasteiger partial charge in [0.1, 0.15) is 11.6 Å². The van der Waals surface area contributed by atoms with E-state index in [1.54, 1.807) is 0 Å². The zero-order valence-electron chi connectivity index (χ0n) is 8.50. The standard InChI is InChI=1S/C11H15FN2O/c12-9-1-2-10(13)11(5-9)15-7-8-3-4-14-6-8/h1-2,5,8,14H,3-4,6-7,13H2. The number of rotatable bonds is 3. The normalized spacial score (nSPS) is 20.5. The predicted molar refractivity (Wildman–Crippen MR) is 57.3 cm³/mol. The molecule has 2 rings (SSSR count). The molecule has 1 saturated heterocycles. The van der Waals surface area contributed by atoms with E-state index in [9.17, 15) is 4.39 Å². The zero-order valence-corrected chi connectivity index (χ0v) is 8.50. The first-order valence-corrected chi connectivity index (χ1v) is 5.14. The maximum absolute atomic E-state index is 12.9. The monoisotopic (exact) mass is 210 g/mol. The van der Waals surface area contributed by atoms with E-state index in [0.717, 1.165) is 19.5 Å². The van der Waals surface area contributed by atoms with E-state index in [-0.39, 0.29) is 5.82 Å². The smallest absolute Gasteiger partial charge is 0.145 e. The molecule has 1 aliphatic heterocycles. The number of anilines is 1. The molecule has 0 radical (unpaired) electrons. The lowest BCUT2D eigenvalue weighted by Crippen LogP contribution is -2.16. The second-order valence-electron chi connectivity index (χ2n) is 3.85. The van der Waals surface area contributed by atoms with E-state index < -0.39 is 0 Å². The maximum atomic E-state index is 12.9. The molecule has 1 aliphatic rings. The van der Waals surface area contributed by atoms with Crippen LogP contribution >= 0.6 is 0 Å². The van der Waals surface area contributed by atoms with E-state index in [4.69, 9.17) is 10.5 Å². The minimum Gasteiger partial charge on any atom is -0.491 e. The number of nitrogens with one attached hydrogen (secondary N) is 1. The van der Waals surface area contributed by atoms with Gasteiger partial charge in [0.2, 0.25) is 0 Å². The van der Waals surface area contributed by atoms with Gasteiger partial charge in [-0.2, -0.15) is 0 Å². The molecule has 1 atom stereocenters. The molecule has 0 aromatic heterocycles. The molecule has 4 heteroatoms. The van der Waals surface area contributed by atoms with Crippen molar-refractivity contribution in [3.63, 3.8) is 0 Å². The average molecular weight is 210 g/mol. The van der Waals surface area contributed by atoms with Gasteiger partial charge < -0.3 is 15.8 Å². The summed E-state index contributed by atoms with van der Waals surface area (Å²) in [5, 5.41) is 3.25. The molecular weight excluding hydrogens is 195 g/mol. The lowest BCUT2D eigenvalue weighted by Gasteiger charge is -2.12. The summed E-state index contributed by atoms with van der Waals surface area (Å²) < 4.78 is 18.4. The predicted octanol–water partition coefficient (Wildman–Crippen LogP) is 1.40. The fourth-order valence-corrected chi connectivity index (χ4v) is 1.70. The van der Waals surface area contributed by atoms with Crippen molar-refractivity contribution in [3.05, 3.63) is 24.0 Å². The molecule has 3 N–H and O–H groups in total. The third kappa shape index (κ3) is 2.59. The van der Waals surface area contributed by atoms with Crippen molar-refractivity contribution >= 4 is 5.69 Å². The van der Waals surface area contributed by atoms with Crippen LogP contribution < -0.4 is 15.8 Å². The van der Waals surface area contributed by atoms with Gasteiger partial charge in [-0.1, -0.05) is 0 Å². The summed E-state index contributed by atoms with van der Waals surface area (Å²) >= 11 is 0. The Balaban J connectivity index is 1.94. The van der Waals surface area contributed by atoms with E-state index >= 15 is 0 Å². The van der Waals surface area contributed by atoms with E-state index in [1.807, 2.05) is 0 Å². The number of halogens is 1. The maximum Gasteiger partial charge on any atom is 0.145 e. The van der Waals surface area contributed by atoms with Gasteiger partial charge >= 0.3 is 0 Å². The van der Waals surface area contributed by atoms with Crippen molar-refractivity contribution < 1.29 is 9.13 Å². The van der Waals surface area contributed by atoms with Crippen LogP contribution in [0.5, 0.6) is 5.75 Å². The molecule has 1 fully saturated rings. The Labute approximate surface area is 88.4 Å². The van der Waals surface area contributed by atoms with Crippen LogP contribution in [0.1, 0.15) is 6.42 Å². The van der Waals surface area contributed by atoms with E-state index in [1.165, 1.54) is 18.2 Å². The van der Waals surface area contributed by atoms with Gasteiger partial charge in [0, 0.05) is 18.5 Å². The number of nitrogens with two attached hydrogens (primary N) is 1. The van der Waals surface area contributed by atoms with Crippen LogP contribution in [0.4, 0.5) is 10.1 Å². The molecule has 1 unspecified atom stereocenters. The first-order valence-electron chi connectivity index (χ1n) is 5.14. The number of hydrogen-bond donors (Lipinski definition) is 2. The minimum atomic E-state index is -0.316. The Morgan fingerprint density at radius 1 is 1.53 bits per heavy atom. The van der Waals surface area contributed by atoms with E-state index in [2.05, 4.69) is 5.32 Å². The first kappa shape index (κ1) is 10.2. The zero-order chi connectivity index (χ0) is 10.7. The van der Waals surface area contributed by atoms with Gasteiger partial charge in [-0.05, 0) is 25.1 Å². The largest absolute Gasteiger partial charge is 0.491 e. The highest BCUT2D eigenvalue weighted by Gasteiger charge is 2.15. The van der Waals surface area contributed by atoms with Gasteiger partial charge in [0.25, 0.3) is 0 Å². The average Bonchev–Trinajstić information content (AvgIpc) is 2.72. The Kier molecular flexibility index (Phi) is 3.06. The summed E-state index contributed by atoms with van der Waals surface area (Å²) in [5.41, 5.74) is 6.16. The van der Waals surface area contributed by atoms with Crippen molar-refractivity contribution in [2.24, 2.45) is 5.92 Å². The summed E-state index contributed by atoms with van der Waals surface area (Å²) in [7, 11) is 0. The van der Waals surface area contributed by atoms with Gasteiger partial charge in [-0.3, -0.25) is 0 Å². The summed E-state index contributed by atoms with van der Waals surface area (Å²) in [6.45, 7) is 2.60. The van der Waals surface area contributed by atoms with E-state index in [0.29, 0.717) is 24.0 Å². The van der Waals surface area contributed by atoms with Gasteiger partial charge in [0.15, 0.2) is 0 Å². The summed E-state index contributed by atoms with van der Waals surface area (Å²) in [6.07, 6.45) is 1.11. The van der Waals surface area contributed by atoms with Crippen molar-refractivity contribution in [1.82, 2.24) is 5.32 Å². The third-order valence-corrected chi connectivity index (χ3v) is 2.61. The second-order valence-corrected chi connectivity index (χ2v) is 3.85. The van der Waals surface area contributed by atoms with Gasteiger partial charge in [0.05, 0.1) is 12.3 Å². The fourth-order valence-electron chi connectivity index (χ4n) is 1.70. The Morgan fingerprint density at radius 2 is 2.40 bits per heavy atom. The molecule has 82 valence electrons. The summed E-state index contributed by atoms with van der Waals surface area (Å²) in [6, 6.07) is 4.19. The van der Waals surface area contributed by atoms with Crippen LogP contribution in [0.2, 0.25) is 0 Å². The fraction of sp³-hybridized carbons (Fsp3) is 0.455. The lowest BCUT2D eigenvalue weighted by atomic mass is 10.1. The van der Waals surface area contributed by atoms with Crippen molar-refractivity contribution in [2.45, 2.75) is 6.42 Å². The second kappa shape index (κ2) is 4.49. The SMILES string of the molecule is Nc1ccc(F)cc1OCC1CCNC1. The number of ether oxygens (including phenoxy) is 1. The topological polar surface area (TPSA) is 47.3 Å². The van der Waals surface area contributed by atoms with Crippen LogP contribution in [0.3, 0.4) is 0 Å². The van der Waals surface area contributed by atoms with Gasteiger partial charge in [-0.25, -0.2) is 4.39 Å². The number of benzene rings is 1. The summed E-state index contributed by atoms with van der Waals surface area (Å²) in [4.78, 5) is 0. The summed E-state index contributed by atoms with van der Waals surface area (Å²) in [5.74, 6) is 0.637.